The van der Waals surface area contributed by atoms with E-state index in [4.69, 9.17) is 4.74 Å². The zero-order valence-electron chi connectivity index (χ0n) is 11.2. The lowest BCUT2D eigenvalue weighted by Crippen LogP contribution is -2.26. The maximum absolute atomic E-state index is 11.6. The monoisotopic (exact) mass is 268 g/mol. The summed E-state index contributed by atoms with van der Waals surface area (Å²) < 4.78 is 4.75. The Morgan fingerprint density at radius 2 is 2.28 bits per heavy atom. The molecular formula is C13H20N2O2S. The van der Waals surface area contributed by atoms with Crippen molar-refractivity contribution in [2.24, 2.45) is 5.92 Å². The fourth-order valence-electron chi connectivity index (χ4n) is 1.95. The van der Waals surface area contributed by atoms with Crippen LogP contribution in [0.15, 0.2) is 0 Å². The minimum atomic E-state index is -0.335. The number of esters is 1. The second-order valence-corrected chi connectivity index (χ2v) is 5.96. The maximum Gasteiger partial charge on any atom is 0.357 e. The largest absolute Gasteiger partial charge is 0.464 e. The van der Waals surface area contributed by atoms with Gasteiger partial charge in [0.25, 0.3) is 0 Å². The molecule has 2 rings (SSSR count). The molecule has 0 saturated heterocycles. The summed E-state index contributed by atoms with van der Waals surface area (Å²) >= 11 is 1.59. The Bertz CT molecular complexity index is 427. The average Bonchev–Trinajstić information content (AvgIpc) is 3.09. The summed E-state index contributed by atoms with van der Waals surface area (Å²) in [6, 6.07) is 0. The van der Waals surface area contributed by atoms with Crippen LogP contribution in [-0.4, -0.2) is 31.2 Å². The Balaban J connectivity index is 2.15. The minimum Gasteiger partial charge on any atom is -0.464 e. The number of methoxy groups -OCH3 is 1. The smallest absolute Gasteiger partial charge is 0.357 e. The van der Waals surface area contributed by atoms with E-state index in [1.165, 1.54) is 20.0 Å². The molecule has 1 aromatic rings. The number of aryl methyl sites for hydroxylation is 1. The number of carbonyl (C=O) groups is 1. The topological polar surface area (TPSA) is 42.4 Å². The lowest BCUT2D eigenvalue weighted by molar-refractivity contribution is 0.0594. The van der Waals surface area contributed by atoms with Crippen LogP contribution in [0.4, 0.5) is 5.13 Å². The molecule has 100 valence electrons. The Kier molecular flexibility index (Phi) is 4.22. The molecule has 0 spiro atoms. The second kappa shape index (κ2) is 5.69. The van der Waals surface area contributed by atoms with E-state index in [9.17, 15) is 4.79 Å². The molecule has 0 aromatic carbocycles. The molecule has 18 heavy (non-hydrogen) atoms. The second-order valence-electron chi connectivity index (χ2n) is 4.78. The number of hydrogen-bond donors (Lipinski definition) is 0. The Morgan fingerprint density at radius 3 is 2.83 bits per heavy atom. The standard InChI is InChI=1S/C13H20N2O2S/c1-4-7-15(8-10-5-6-10)13-14-11(9(2)18-13)12(16)17-3/h10H,4-8H2,1-3H3. The van der Waals surface area contributed by atoms with E-state index in [1.807, 2.05) is 6.92 Å². The summed E-state index contributed by atoms with van der Waals surface area (Å²) in [6.45, 7) is 6.17. The number of rotatable bonds is 6. The molecule has 1 saturated carbocycles. The fourth-order valence-corrected chi connectivity index (χ4v) is 2.88. The van der Waals surface area contributed by atoms with Gasteiger partial charge >= 0.3 is 5.97 Å². The summed E-state index contributed by atoms with van der Waals surface area (Å²) in [5.41, 5.74) is 0.467. The Labute approximate surface area is 112 Å². The zero-order valence-corrected chi connectivity index (χ0v) is 12.0. The van der Waals surface area contributed by atoms with Crippen LogP contribution in [-0.2, 0) is 4.74 Å². The lowest BCUT2D eigenvalue weighted by atomic mass is 10.3. The molecule has 5 heteroatoms. The number of thiazole rings is 1. The van der Waals surface area contributed by atoms with Gasteiger partial charge in [-0.05, 0) is 32.1 Å². The van der Waals surface area contributed by atoms with Gasteiger partial charge in [0.1, 0.15) is 0 Å². The molecule has 1 heterocycles. The highest BCUT2D eigenvalue weighted by atomic mass is 32.1. The number of anilines is 1. The van der Waals surface area contributed by atoms with Gasteiger partial charge in [-0.1, -0.05) is 6.92 Å². The quantitative estimate of drug-likeness (QED) is 0.744. The van der Waals surface area contributed by atoms with Crippen LogP contribution >= 0.6 is 11.3 Å². The van der Waals surface area contributed by atoms with Crippen molar-refractivity contribution in [1.82, 2.24) is 4.98 Å². The molecule has 0 bridgehead atoms. The molecule has 1 aromatic heterocycles. The summed E-state index contributed by atoms with van der Waals surface area (Å²) in [5, 5.41) is 0.960. The van der Waals surface area contributed by atoms with E-state index < -0.39 is 0 Å². The molecule has 1 aliphatic carbocycles. The number of ether oxygens (including phenoxy) is 1. The average molecular weight is 268 g/mol. The molecule has 0 aliphatic heterocycles. The predicted molar refractivity (Wildman–Crippen MR) is 73.4 cm³/mol. The molecule has 0 radical (unpaired) electrons. The van der Waals surface area contributed by atoms with E-state index in [0.717, 1.165) is 35.4 Å². The first-order chi connectivity index (χ1) is 8.65. The van der Waals surface area contributed by atoms with Gasteiger partial charge in [0.05, 0.1) is 7.11 Å². The van der Waals surface area contributed by atoms with E-state index >= 15 is 0 Å². The number of hydrogen-bond acceptors (Lipinski definition) is 5. The number of carbonyl (C=O) groups excluding carboxylic acids is 1. The lowest BCUT2D eigenvalue weighted by Gasteiger charge is -2.20. The van der Waals surface area contributed by atoms with E-state index in [-0.39, 0.29) is 5.97 Å². The summed E-state index contributed by atoms with van der Waals surface area (Å²) in [5.74, 6) is 0.486. The first-order valence-corrected chi connectivity index (χ1v) is 7.28. The predicted octanol–water partition coefficient (Wildman–Crippen LogP) is 2.86. The third kappa shape index (κ3) is 3.02. The van der Waals surface area contributed by atoms with Crippen LogP contribution < -0.4 is 4.90 Å². The highest BCUT2D eigenvalue weighted by Gasteiger charge is 2.26. The van der Waals surface area contributed by atoms with Crippen molar-refractivity contribution >= 4 is 22.4 Å². The third-order valence-corrected chi connectivity index (χ3v) is 4.14. The molecule has 1 fully saturated rings. The van der Waals surface area contributed by atoms with Crippen molar-refractivity contribution < 1.29 is 9.53 Å². The van der Waals surface area contributed by atoms with Gasteiger partial charge in [-0.3, -0.25) is 0 Å². The third-order valence-electron chi connectivity index (χ3n) is 3.10. The minimum absolute atomic E-state index is 0.335. The van der Waals surface area contributed by atoms with E-state index in [0.29, 0.717) is 5.69 Å². The van der Waals surface area contributed by atoms with Gasteiger partial charge in [0, 0.05) is 18.0 Å². The first kappa shape index (κ1) is 13.3. The summed E-state index contributed by atoms with van der Waals surface area (Å²) in [6.07, 6.45) is 3.75. The van der Waals surface area contributed by atoms with Gasteiger partial charge in [-0.15, -0.1) is 11.3 Å². The molecule has 4 nitrogen and oxygen atoms in total. The molecule has 0 atom stereocenters. The van der Waals surface area contributed by atoms with Crippen molar-refractivity contribution in [3.05, 3.63) is 10.6 Å². The number of aromatic nitrogens is 1. The van der Waals surface area contributed by atoms with E-state index in [1.54, 1.807) is 11.3 Å². The molecule has 0 N–H and O–H groups in total. The number of nitrogens with zero attached hydrogens (tertiary/aromatic N) is 2. The van der Waals surface area contributed by atoms with Gasteiger partial charge in [0.15, 0.2) is 10.8 Å². The van der Waals surface area contributed by atoms with Crippen molar-refractivity contribution in [2.45, 2.75) is 33.1 Å². The summed E-state index contributed by atoms with van der Waals surface area (Å²) in [7, 11) is 1.40. The fraction of sp³-hybridized carbons (Fsp3) is 0.692. The van der Waals surface area contributed by atoms with Crippen molar-refractivity contribution in [1.29, 1.82) is 0 Å². The van der Waals surface area contributed by atoms with Gasteiger partial charge in [-0.25, -0.2) is 9.78 Å². The highest BCUT2D eigenvalue weighted by Crippen LogP contribution is 2.33. The SMILES string of the molecule is CCCN(CC1CC1)c1nc(C(=O)OC)c(C)s1. The van der Waals surface area contributed by atoms with Gasteiger partial charge < -0.3 is 9.64 Å². The summed E-state index contributed by atoms with van der Waals surface area (Å²) in [4.78, 5) is 19.3. The maximum atomic E-state index is 11.6. The zero-order chi connectivity index (χ0) is 13.1. The molecule has 0 amide bonds. The first-order valence-electron chi connectivity index (χ1n) is 6.46. The van der Waals surface area contributed by atoms with Crippen LogP contribution in [0.25, 0.3) is 0 Å². The van der Waals surface area contributed by atoms with Crippen LogP contribution in [0.5, 0.6) is 0 Å². The van der Waals surface area contributed by atoms with Gasteiger partial charge in [0.2, 0.25) is 0 Å². The Hall–Kier alpha value is -1.10. The molecule has 1 aliphatic rings. The van der Waals surface area contributed by atoms with Crippen molar-refractivity contribution in [2.75, 3.05) is 25.1 Å². The highest BCUT2D eigenvalue weighted by molar-refractivity contribution is 7.15. The van der Waals surface area contributed by atoms with E-state index in [2.05, 4.69) is 16.8 Å². The normalized spacial score (nSPS) is 14.6. The Morgan fingerprint density at radius 1 is 1.56 bits per heavy atom. The molecule has 0 unspecified atom stereocenters. The van der Waals surface area contributed by atoms with Crippen molar-refractivity contribution in [3.8, 4) is 0 Å². The van der Waals surface area contributed by atoms with Crippen LogP contribution in [0.2, 0.25) is 0 Å². The van der Waals surface area contributed by atoms with Crippen LogP contribution in [0.1, 0.15) is 41.6 Å². The van der Waals surface area contributed by atoms with Gasteiger partial charge in [-0.2, -0.15) is 0 Å². The van der Waals surface area contributed by atoms with Crippen LogP contribution in [0, 0.1) is 12.8 Å². The molecular weight excluding hydrogens is 248 g/mol. The van der Waals surface area contributed by atoms with Crippen LogP contribution in [0.3, 0.4) is 0 Å². The van der Waals surface area contributed by atoms with Crippen molar-refractivity contribution in [3.63, 3.8) is 0 Å².